The van der Waals surface area contributed by atoms with E-state index in [2.05, 4.69) is 19.0 Å². The first-order valence-corrected chi connectivity index (χ1v) is 6.16. The SMILES string of the molecule is CCOC(=O)C(C)(C)C1(C)CC(C(C)C)=NO1. The Morgan fingerprint density at radius 2 is 2.18 bits per heavy atom. The molecular weight excluding hydrogens is 218 g/mol. The van der Waals surface area contributed by atoms with Crippen LogP contribution in [0.5, 0.6) is 0 Å². The van der Waals surface area contributed by atoms with Gasteiger partial charge in [0.15, 0.2) is 5.60 Å². The van der Waals surface area contributed by atoms with E-state index >= 15 is 0 Å². The van der Waals surface area contributed by atoms with Crippen molar-refractivity contribution in [1.29, 1.82) is 0 Å². The van der Waals surface area contributed by atoms with E-state index in [1.54, 1.807) is 0 Å². The van der Waals surface area contributed by atoms with Crippen molar-refractivity contribution >= 4 is 11.7 Å². The number of hydrogen-bond donors (Lipinski definition) is 0. The molecule has 0 saturated carbocycles. The van der Waals surface area contributed by atoms with Gasteiger partial charge in [0.2, 0.25) is 0 Å². The third-order valence-corrected chi connectivity index (χ3v) is 3.66. The average Bonchev–Trinajstić information content (AvgIpc) is 2.63. The van der Waals surface area contributed by atoms with Gasteiger partial charge < -0.3 is 9.57 Å². The van der Waals surface area contributed by atoms with E-state index in [-0.39, 0.29) is 5.97 Å². The minimum Gasteiger partial charge on any atom is -0.465 e. The molecule has 0 aliphatic carbocycles. The number of carbonyl (C=O) groups is 1. The van der Waals surface area contributed by atoms with Gasteiger partial charge in [0.05, 0.1) is 12.3 Å². The quantitative estimate of drug-likeness (QED) is 0.711. The summed E-state index contributed by atoms with van der Waals surface area (Å²) < 4.78 is 5.11. The summed E-state index contributed by atoms with van der Waals surface area (Å²) in [6, 6.07) is 0. The zero-order valence-electron chi connectivity index (χ0n) is 11.7. The van der Waals surface area contributed by atoms with E-state index in [0.717, 1.165) is 5.71 Å². The van der Waals surface area contributed by atoms with Crippen LogP contribution in [0.3, 0.4) is 0 Å². The lowest BCUT2D eigenvalue weighted by molar-refractivity contribution is -0.173. The Balaban J connectivity index is 2.83. The first kappa shape index (κ1) is 14.0. The molecule has 17 heavy (non-hydrogen) atoms. The minimum absolute atomic E-state index is 0.234. The number of nitrogens with zero attached hydrogens (tertiary/aromatic N) is 1. The highest BCUT2D eigenvalue weighted by Gasteiger charge is 2.53. The molecule has 1 atom stereocenters. The van der Waals surface area contributed by atoms with E-state index in [0.29, 0.717) is 18.9 Å². The predicted octanol–water partition coefficient (Wildman–Crippen LogP) is 2.77. The molecule has 98 valence electrons. The van der Waals surface area contributed by atoms with Crippen molar-refractivity contribution in [3.05, 3.63) is 0 Å². The maximum absolute atomic E-state index is 12.0. The largest absolute Gasteiger partial charge is 0.465 e. The van der Waals surface area contributed by atoms with Gasteiger partial charge in [-0.25, -0.2) is 0 Å². The third kappa shape index (κ3) is 2.45. The van der Waals surface area contributed by atoms with Crippen LogP contribution >= 0.6 is 0 Å². The van der Waals surface area contributed by atoms with Gasteiger partial charge in [-0.3, -0.25) is 4.79 Å². The van der Waals surface area contributed by atoms with Crippen molar-refractivity contribution in [2.24, 2.45) is 16.5 Å². The van der Waals surface area contributed by atoms with Crippen LogP contribution in [-0.2, 0) is 14.4 Å². The molecule has 0 saturated heterocycles. The van der Waals surface area contributed by atoms with Crippen LogP contribution in [0.25, 0.3) is 0 Å². The standard InChI is InChI=1S/C13H23NO3/c1-7-16-11(15)12(4,5)13(6)8-10(9(2)3)14-17-13/h9H,7-8H2,1-6H3. The topological polar surface area (TPSA) is 47.9 Å². The summed E-state index contributed by atoms with van der Waals surface area (Å²) in [6.45, 7) is 12.0. The maximum atomic E-state index is 12.0. The van der Waals surface area contributed by atoms with E-state index in [4.69, 9.17) is 9.57 Å². The Morgan fingerprint density at radius 1 is 1.59 bits per heavy atom. The molecule has 1 heterocycles. The summed E-state index contributed by atoms with van der Waals surface area (Å²) in [5.41, 5.74) is -0.313. The fourth-order valence-corrected chi connectivity index (χ4v) is 1.74. The first-order valence-electron chi connectivity index (χ1n) is 6.16. The number of rotatable bonds is 4. The Hall–Kier alpha value is -1.06. The molecule has 0 amide bonds. The summed E-state index contributed by atoms with van der Waals surface area (Å²) in [6.07, 6.45) is 0.677. The molecule has 1 unspecified atom stereocenters. The fourth-order valence-electron chi connectivity index (χ4n) is 1.74. The molecule has 1 aliphatic rings. The first-order chi connectivity index (χ1) is 7.74. The van der Waals surface area contributed by atoms with Crippen molar-refractivity contribution in [3.63, 3.8) is 0 Å². The molecule has 0 radical (unpaired) electrons. The van der Waals surface area contributed by atoms with Crippen molar-refractivity contribution in [3.8, 4) is 0 Å². The second-order valence-electron chi connectivity index (χ2n) is 5.58. The van der Waals surface area contributed by atoms with E-state index in [1.165, 1.54) is 0 Å². The third-order valence-electron chi connectivity index (χ3n) is 3.66. The maximum Gasteiger partial charge on any atom is 0.315 e. The second-order valence-corrected chi connectivity index (χ2v) is 5.58. The molecule has 0 fully saturated rings. The highest BCUT2D eigenvalue weighted by atomic mass is 16.7. The van der Waals surface area contributed by atoms with Crippen molar-refractivity contribution < 1.29 is 14.4 Å². The molecule has 0 aromatic carbocycles. The fraction of sp³-hybridized carbons (Fsp3) is 0.846. The summed E-state index contributed by atoms with van der Waals surface area (Å²) in [5, 5.41) is 4.11. The summed E-state index contributed by atoms with van der Waals surface area (Å²) in [5.74, 6) is 0.109. The lowest BCUT2D eigenvalue weighted by atomic mass is 9.72. The Labute approximate surface area is 103 Å². The molecule has 0 aromatic rings. The van der Waals surface area contributed by atoms with E-state index in [9.17, 15) is 4.79 Å². The Bertz CT molecular complexity index is 334. The van der Waals surface area contributed by atoms with Crippen molar-refractivity contribution in [1.82, 2.24) is 0 Å². The zero-order chi connectivity index (χ0) is 13.3. The number of ether oxygens (including phenoxy) is 1. The molecule has 4 heteroatoms. The highest BCUT2D eigenvalue weighted by Crippen LogP contribution is 2.42. The van der Waals surface area contributed by atoms with Gasteiger partial charge in [-0.15, -0.1) is 0 Å². The van der Waals surface area contributed by atoms with Crippen molar-refractivity contribution in [2.75, 3.05) is 6.61 Å². The molecule has 1 rings (SSSR count). The smallest absolute Gasteiger partial charge is 0.315 e. The molecular formula is C13H23NO3. The van der Waals surface area contributed by atoms with Gasteiger partial charge in [0, 0.05) is 6.42 Å². The monoisotopic (exact) mass is 241 g/mol. The number of hydrogen-bond acceptors (Lipinski definition) is 4. The number of esters is 1. The van der Waals surface area contributed by atoms with Gasteiger partial charge >= 0.3 is 5.97 Å². The van der Waals surface area contributed by atoms with Crippen LogP contribution in [0.4, 0.5) is 0 Å². The van der Waals surface area contributed by atoms with Gasteiger partial charge in [-0.05, 0) is 33.6 Å². The second kappa shape index (κ2) is 4.67. The number of carbonyl (C=O) groups excluding carboxylic acids is 1. The summed E-state index contributed by atoms with van der Waals surface area (Å²) in [4.78, 5) is 17.5. The Morgan fingerprint density at radius 3 is 2.59 bits per heavy atom. The number of oxime groups is 1. The summed E-state index contributed by atoms with van der Waals surface area (Å²) >= 11 is 0. The molecule has 4 nitrogen and oxygen atoms in total. The Kier molecular flexibility index (Phi) is 3.84. The normalized spacial score (nSPS) is 24.5. The molecule has 0 N–H and O–H groups in total. The van der Waals surface area contributed by atoms with E-state index in [1.807, 2.05) is 27.7 Å². The van der Waals surface area contributed by atoms with Crippen LogP contribution in [0, 0.1) is 11.3 Å². The average molecular weight is 241 g/mol. The summed E-state index contributed by atoms with van der Waals surface area (Å²) in [7, 11) is 0. The van der Waals surface area contributed by atoms with Crippen LogP contribution in [0.1, 0.15) is 48.0 Å². The zero-order valence-corrected chi connectivity index (χ0v) is 11.7. The lowest BCUT2D eigenvalue weighted by Gasteiger charge is -2.36. The predicted molar refractivity (Wildman–Crippen MR) is 66.8 cm³/mol. The lowest BCUT2D eigenvalue weighted by Crippen LogP contribution is -2.48. The molecule has 0 spiro atoms. The molecule has 0 bridgehead atoms. The molecule has 1 aliphatic heterocycles. The highest BCUT2D eigenvalue weighted by molar-refractivity contribution is 5.89. The van der Waals surface area contributed by atoms with Crippen molar-refractivity contribution in [2.45, 2.75) is 53.6 Å². The van der Waals surface area contributed by atoms with Gasteiger partial charge in [-0.2, -0.15) is 0 Å². The van der Waals surface area contributed by atoms with Crippen LogP contribution in [-0.4, -0.2) is 23.9 Å². The van der Waals surface area contributed by atoms with Crippen LogP contribution in [0.2, 0.25) is 0 Å². The van der Waals surface area contributed by atoms with Crippen LogP contribution in [0.15, 0.2) is 5.16 Å². The van der Waals surface area contributed by atoms with Gasteiger partial charge in [-0.1, -0.05) is 19.0 Å². The van der Waals surface area contributed by atoms with Crippen LogP contribution < -0.4 is 0 Å². The van der Waals surface area contributed by atoms with E-state index < -0.39 is 11.0 Å². The van der Waals surface area contributed by atoms with Gasteiger partial charge in [0.1, 0.15) is 5.41 Å². The minimum atomic E-state index is -0.705. The van der Waals surface area contributed by atoms with Gasteiger partial charge in [0.25, 0.3) is 0 Å². The molecule has 0 aromatic heterocycles.